The Morgan fingerprint density at radius 3 is 2.85 bits per heavy atom. The quantitative estimate of drug-likeness (QED) is 0.874. The summed E-state index contributed by atoms with van der Waals surface area (Å²) in [6, 6.07) is 5.52. The maximum atomic E-state index is 12.7. The van der Waals surface area contributed by atoms with Crippen LogP contribution in [0.5, 0.6) is 0 Å². The molecule has 1 aromatic rings. The molecule has 0 aromatic heterocycles. The number of aryl methyl sites for hydroxylation is 1. The largest absolute Gasteiger partial charge is 0.373 e. The van der Waals surface area contributed by atoms with Crippen LogP contribution in [-0.2, 0) is 4.74 Å². The molecule has 4 rings (SSSR count). The lowest BCUT2D eigenvalue weighted by atomic mass is 9.82. The zero-order valence-corrected chi connectivity index (χ0v) is 15.3. The van der Waals surface area contributed by atoms with Crippen molar-refractivity contribution in [1.29, 1.82) is 0 Å². The highest BCUT2D eigenvalue weighted by molar-refractivity contribution is 5.99. The fraction of sp³-hybridized carbons (Fsp3) is 0.600. The molecule has 1 aromatic carbocycles. The monoisotopic (exact) mass is 357 g/mol. The van der Waals surface area contributed by atoms with Gasteiger partial charge in [-0.15, -0.1) is 0 Å². The van der Waals surface area contributed by atoms with Crippen LogP contribution < -0.4 is 15.5 Å². The van der Waals surface area contributed by atoms with Crippen LogP contribution in [-0.4, -0.2) is 43.3 Å². The molecule has 1 atom stereocenters. The molecule has 1 spiro atoms. The van der Waals surface area contributed by atoms with Crippen LogP contribution in [0.3, 0.4) is 0 Å². The molecular formula is C20H27N3O3. The molecule has 6 heteroatoms. The number of urea groups is 1. The van der Waals surface area contributed by atoms with Gasteiger partial charge in [0.1, 0.15) is 0 Å². The smallest absolute Gasteiger partial charge is 0.322 e. The number of carbonyl (C=O) groups excluding carboxylic acids is 2. The molecule has 3 amide bonds. The van der Waals surface area contributed by atoms with Gasteiger partial charge in [-0.25, -0.2) is 4.79 Å². The summed E-state index contributed by atoms with van der Waals surface area (Å²) in [5.41, 5.74) is 2.38. The average Bonchev–Trinajstić information content (AvgIpc) is 3.22. The van der Waals surface area contributed by atoms with Gasteiger partial charge in [-0.05, 0) is 43.9 Å². The first-order valence-electron chi connectivity index (χ1n) is 9.67. The third-order valence-corrected chi connectivity index (χ3v) is 5.93. The first-order chi connectivity index (χ1) is 12.6. The van der Waals surface area contributed by atoms with E-state index in [9.17, 15) is 9.59 Å². The molecule has 3 aliphatic rings. The van der Waals surface area contributed by atoms with Crippen LogP contribution in [0.1, 0.15) is 54.4 Å². The van der Waals surface area contributed by atoms with E-state index in [0.29, 0.717) is 25.3 Å². The molecular weight excluding hydrogens is 330 g/mol. The Morgan fingerprint density at radius 2 is 2.12 bits per heavy atom. The first kappa shape index (κ1) is 17.3. The lowest BCUT2D eigenvalue weighted by molar-refractivity contribution is -0.0246. The maximum Gasteiger partial charge on any atom is 0.322 e. The Labute approximate surface area is 154 Å². The van der Waals surface area contributed by atoms with E-state index < -0.39 is 0 Å². The van der Waals surface area contributed by atoms with E-state index in [1.807, 2.05) is 25.1 Å². The van der Waals surface area contributed by atoms with Gasteiger partial charge in [0, 0.05) is 24.3 Å². The first-order valence-corrected chi connectivity index (χ1v) is 9.67. The van der Waals surface area contributed by atoms with E-state index in [2.05, 4.69) is 10.6 Å². The zero-order valence-electron chi connectivity index (χ0n) is 15.3. The summed E-state index contributed by atoms with van der Waals surface area (Å²) in [6.45, 7) is 3.82. The third-order valence-electron chi connectivity index (χ3n) is 5.93. The second kappa shape index (κ2) is 6.91. The minimum atomic E-state index is -0.103. The number of nitrogens with one attached hydrogen (secondary N) is 2. The summed E-state index contributed by atoms with van der Waals surface area (Å²) in [7, 11) is 0. The Morgan fingerprint density at radius 1 is 1.31 bits per heavy atom. The van der Waals surface area contributed by atoms with Crippen LogP contribution in [0.2, 0.25) is 0 Å². The number of hydrogen-bond acceptors (Lipinski definition) is 3. The second-order valence-corrected chi connectivity index (χ2v) is 7.81. The van der Waals surface area contributed by atoms with Crippen molar-refractivity contribution in [2.45, 2.75) is 57.1 Å². The van der Waals surface area contributed by atoms with Gasteiger partial charge in [0.2, 0.25) is 0 Å². The van der Waals surface area contributed by atoms with Crippen molar-refractivity contribution < 1.29 is 14.3 Å². The molecule has 2 saturated heterocycles. The van der Waals surface area contributed by atoms with Crippen molar-refractivity contribution in [2.24, 2.45) is 0 Å². The van der Waals surface area contributed by atoms with Crippen molar-refractivity contribution >= 4 is 17.6 Å². The van der Waals surface area contributed by atoms with Crippen LogP contribution in [0, 0.1) is 6.92 Å². The molecule has 1 aliphatic carbocycles. The van der Waals surface area contributed by atoms with Crippen LogP contribution in [0.15, 0.2) is 18.2 Å². The summed E-state index contributed by atoms with van der Waals surface area (Å²) >= 11 is 0. The number of nitrogens with zero attached hydrogens (tertiary/aromatic N) is 1. The van der Waals surface area contributed by atoms with Crippen molar-refractivity contribution in [1.82, 2.24) is 10.6 Å². The summed E-state index contributed by atoms with van der Waals surface area (Å²) in [5, 5.41) is 5.94. The highest BCUT2D eigenvalue weighted by Gasteiger charge is 2.41. The van der Waals surface area contributed by atoms with Gasteiger partial charge in [-0.1, -0.05) is 25.3 Å². The van der Waals surface area contributed by atoms with E-state index in [1.165, 1.54) is 19.3 Å². The predicted octanol–water partition coefficient (Wildman–Crippen LogP) is 2.75. The maximum absolute atomic E-state index is 12.7. The number of benzene rings is 1. The molecule has 2 heterocycles. The predicted molar refractivity (Wildman–Crippen MR) is 99.6 cm³/mol. The van der Waals surface area contributed by atoms with Crippen molar-refractivity contribution in [3.8, 4) is 0 Å². The van der Waals surface area contributed by atoms with Crippen molar-refractivity contribution in [3.63, 3.8) is 0 Å². The topological polar surface area (TPSA) is 70.7 Å². The number of hydrogen-bond donors (Lipinski definition) is 2. The Balaban J connectivity index is 1.44. The van der Waals surface area contributed by atoms with Gasteiger partial charge in [0.25, 0.3) is 5.91 Å². The Hall–Kier alpha value is -2.08. The molecule has 2 aliphatic heterocycles. The lowest BCUT2D eigenvalue weighted by Gasteiger charge is -2.32. The Bertz CT molecular complexity index is 712. The van der Waals surface area contributed by atoms with Gasteiger partial charge < -0.3 is 15.4 Å². The summed E-state index contributed by atoms with van der Waals surface area (Å²) in [5.74, 6) is -0.0904. The molecule has 0 unspecified atom stereocenters. The fourth-order valence-electron chi connectivity index (χ4n) is 4.49. The minimum absolute atomic E-state index is 0.0116. The van der Waals surface area contributed by atoms with E-state index in [0.717, 1.165) is 30.5 Å². The van der Waals surface area contributed by atoms with E-state index >= 15 is 0 Å². The molecule has 2 N–H and O–H groups in total. The number of rotatable bonds is 3. The second-order valence-electron chi connectivity index (χ2n) is 7.81. The van der Waals surface area contributed by atoms with Crippen LogP contribution in [0.25, 0.3) is 0 Å². The number of ether oxygens (including phenoxy) is 1. The van der Waals surface area contributed by atoms with Crippen LogP contribution >= 0.6 is 0 Å². The molecule has 140 valence electrons. The minimum Gasteiger partial charge on any atom is -0.373 e. The summed E-state index contributed by atoms with van der Waals surface area (Å²) < 4.78 is 6.09. The number of carbonyl (C=O) groups is 2. The highest BCUT2D eigenvalue weighted by Crippen LogP contribution is 2.39. The molecule has 1 saturated carbocycles. The molecule has 0 radical (unpaired) electrons. The Kier molecular flexibility index (Phi) is 4.61. The molecule has 6 nitrogen and oxygen atoms in total. The van der Waals surface area contributed by atoms with Gasteiger partial charge in [-0.2, -0.15) is 0 Å². The summed E-state index contributed by atoms with van der Waals surface area (Å²) in [6.07, 6.45) is 6.86. The van der Waals surface area contributed by atoms with Gasteiger partial charge in [0.05, 0.1) is 18.2 Å². The standard InChI is InChI=1S/C20H27N3O3/c1-14-5-6-15(11-17(14)23-10-9-21-19(23)25)18(24)22-16-12-20(26-13-16)7-3-2-4-8-20/h5-6,11,16H,2-4,7-10,12-13H2,1H3,(H,21,25)(H,22,24)/t16-/m0/s1. The van der Waals surface area contributed by atoms with Crippen molar-refractivity contribution in [3.05, 3.63) is 29.3 Å². The third kappa shape index (κ3) is 3.30. The average molecular weight is 357 g/mol. The van der Waals surface area contributed by atoms with Crippen LogP contribution in [0.4, 0.5) is 10.5 Å². The summed E-state index contributed by atoms with van der Waals surface area (Å²) in [4.78, 5) is 26.4. The lowest BCUT2D eigenvalue weighted by Crippen LogP contribution is -2.37. The zero-order chi connectivity index (χ0) is 18.1. The molecule has 26 heavy (non-hydrogen) atoms. The van der Waals surface area contributed by atoms with E-state index in [-0.39, 0.29) is 23.6 Å². The van der Waals surface area contributed by atoms with Gasteiger partial charge in [-0.3, -0.25) is 9.69 Å². The molecule has 0 bridgehead atoms. The highest BCUT2D eigenvalue weighted by atomic mass is 16.5. The van der Waals surface area contributed by atoms with Gasteiger partial charge >= 0.3 is 6.03 Å². The normalized spacial score (nSPS) is 24.7. The number of amides is 3. The SMILES string of the molecule is Cc1ccc(C(=O)N[C@@H]2COC3(CCCCC3)C2)cc1N1CCNC1=O. The van der Waals surface area contributed by atoms with Gasteiger partial charge in [0.15, 0.2) is 0 Å². The molecule has 3 fully saturated rings. The van der Waals surface area contributed by atoms with Crippen molar-refractivity contribution in [2.75, 3.05) is 24.6 Å². The number of anilines is 1. The van der Waals surface area contributed by atoms with E-state index in [1.54, 1.807) is 4.90 Å². The fourth-order valence-corrected chi connectivity index (χ4v) is 4.49. The van der Waals surface area contributed by atoms with E-state index in [4.69, 9.17) is 4.74 Å².